The van der Waals surface area contributed by atoms with Gasteiger partial charge in [-0.1, -0.05) is 32.9 Å². The highest BCUT2D eigenvalue weighted by Gasteiger charge is 1.96. The Morgan fingerprint density at radius 2 is 1.87 bits per heavy atom. The van der Waals surface area contributed by atoms with E-state index in [1.54, 1.807) is 0 Å². The van der Waals surface area contributed by atoms with E-state index >= 15 is 0 Å². The molecule has 0 rings (SSSR count). The van der Waals surface area contributed by atoms with Crippen molar-refractivity contribution in [2.45, 2.75) is 40.5 Å². The zero-order valence-electron chi connectivity index (χ0n) is 11.0. The van der Waals surface area contributed by atoms with Gasteiger partial charge in [-0.15, -0.1) is 0 Å². The first kappa shape index (κ1) is 16.8. The Hall–Kier alpha value is -0.630. The molecular formula is C13H28N2. The van der Waals surface area contributed by atoms with Crippen LogP contribution in [0.5, 0.6) is 0 Å². The lowest BCUT2D eigenvalue weighted by Crippen LogP contribution is -2.26. The molecule has 15 heavy (non-hydrogen) atoms. The van der Waals surface area contributed by atoms with Gasteiger partial charge < -0.3 is 4.90 Å². The van der Waals surface area contributed by atoms with Gasteiger partial charge >= 0.3 is 0 Å². The predicted molar refractivity (Wildman–Crippen MR) is 71.9 cm³/mol. The minimum absolute atomic E-state index is 0.869. The Morgan fingerprint density at radius 3 is 2.13 bits per heavy atom. The Kier molecular flexibility index (Phi) is 17.7. The summed E-state index contributed by atoms with van der Waals surface area (Å²) in [7, 11) is 0. The summed E-state index contributed by atoms with van der Waals surface area (Å²) in [5, 5.41) is 0. The number of aliphatic imine (C=N–C) groups is 1. The fourth-order valence-corrected chi connectivity index (χ4v) is 1.19. The van der Waals surface area contributed by atoms with Crippen LogP contribution < -0.4 is 0 Å². The number of hydrogen-bond acceptors (Lipinski definition) is 2. The van der Waals surface area contributed by atoms with Crippen molar-refractivity contribution in [1.82, 2.24) is 4.90 Å². The van der Waals surface area contributed by atoms with Gasteiger partial charge in [0.1, 0.15) is 0 Å². The highest BCUT2D eigenvalue weighted by molar-refractivity contribution is 5.23. The molecule has 0 aromatic rings. The molecule has 0 spiro atoms. The van der Waals surface area contributed by atoms with E-state index in [0.29, 0.717) is 0 Å². The van der Waals surface area contributed by atoms with Gasteiger partial charge in [0.05, 0.1) is 6.54 Å². The Morgan fingerprint density at radius 1 is 1.20 bits per heavy atom. The van der Waals surface area contributed by atoms with E-state index in [2.05, 4.69) is 49.5 Å². The van der Waals surface area contributed by atoms with Crippen LogP contribution in [-0.4, -0.2) is 37.8 Å². The molecule has 0 atom stereocenters. The number of rotatable bonds is 7. The normalized spacial score (nSPS) is 10.2. The molecule has 0 bridgehead atoms. The lowest BCUT2D eigenvalue weighted by atomic mass is 10.4. The zero-order valence-corrected chi connectivity index (χ0v) is 11.0. The van der Waals surface area contributed by atoms with E-state index in [4.69, 9.17) is 0 Å². The third kappa shape index (κ3) is 16.1. The summed E-state index contributed by atoms with van der Waals surface area (Å²) in [5.74, 6) is 0. The van der Waals surface area contributed by atoms with Crippen molar-refractivity contribution in [3.05, 3.63) is 12.2 Å². The highest BCUT2D eigenvalue weighted by atomic mass is 15.1. The summed E-state index contributed by atoms with van der Waals surface area (Å²) in [6, 6.07) is 0. The second-order valence-corrected chi connectivity index (χ2v) is 3.36. The van der Waals surface area contributed by atoms with Crippen molar-refractivity contribution in [2.75, 3.05) is 26.2 Å². The van der Waals surface area contributed by atoms with Gasteiger partial charge in [-0.3, -0.25) is 4.99 Å². The van der Waals surface area contributed by atoms with Gasteiger partial charge in [0.2, 0.25) is 0 Å². The fraction of sp³-hybridized carbons (Fsp3) is 0.769. The maximum Gasteiger partial charge on any atom is 0.0509 e. The molecule has 0 amide bonds. The second kappa shape index (κ2) is 15.8. The van der Waals surface area contributed by atoms with Crippen molar-refractivity contribution < 1.29 is 0 Å². The van der Waals surface area contributed by atoms with E-state index in [1.165, 1.54) is 13.0 Å². The minimum atomic E-state index is 0.869. The van der Waals surface area contributed by atoms with Gasteiger partial charge in [0, 0.05) is 6.54 Å². The van der Waals surface area contributed by atoms with Gasteiger partial charge in [-0.25, -0.2) is 0 Å². The molecule has 0 radical (unpaired) electrons. The van der Waals surface area contributed by atoms with Crippen molar-refractivity contribution in [2.24, 2.45) is 4.99 Å². The van der Waals surface area contributed by atoms with E-state index < -0.39 is 0 Å². The van der Waals surface area contributed by atoms with Crippen molar-refractivity contribution in [3.63, 3.8) is 0 Å². The van der Waals surface area contributed by atoms with E-state index in [-0.39, 0.29) is 0 Å². The average molecular weight is 212 g/mol. The van der Waals surface area contributed by atoms with Crippen LogP contribution in [-0.2, 0) is 0 Å². The summed E-state index contributed by atoms with van der Waals surface area (Å²) < 4.78 is 0. The third-order valence-corrected chi connectivity index (χ3v) is 2.03. The van der Waals surface area contributed by atoms with E-state index in [0.717, 1.165) is 26.1 Å². The summed E-state index contributed by atoms with van der Waals surface area (Å²) in [6.45, 7) is 16.2. The number of allylic oxidation sites excluding steroid dienone is 2. The van der Waals surface area contributed by atoms with Crippen LogP contribution in [0.1, 0.15) is 40.5 Å². The van der Waals surface area contributed by atoms with Gasteiger partial charge in [0.25, 0.3) is 0 Å². The van der Waals surface area contributed by atoms with Crippen LogP contribution in [0.25, 0.3) is 0 Å². The molecule has 0 fully saturated rings. The Labute approximate surface area is 96.1 Å². The standard InChI is InChI=1S/C8H18N2.C5H10/c1-4-7-10(5-2)8-6-9-3;1-3-5-4-2/h3-8H2,1-2H3;3,5H,4H2,1-2H3/b;5-3-. The van der Waals surface area contributed by atoms with E-state index in [1.807, 2.05) is 6.92 Å². The number of hydrogen-bond donors (Lipinski definition) is 0. The highest BCUT2D eigenvalue weighted by Crippen LogP contribution is 1.89. The topological polar surface area (TPSA) is 15.6 Å². The molecule has 90 valence electrons. The van der Waals surface area contributed by atoms with Crippen LogP contribution in [0.15, 0.2) is 17.1 Å². The van der Waals surface area contributed by atoms with Crippen molar-refractivity contribution in [3.8, 4) is 0 Å². The van der Waals surface area contributed by atoms with Crippen LogP contribution in [0, 0.1) is 0 Å². The fourth-order valence-electron chi connectivity index (χ4n) is 1.19. The van der Waals surface area contributed by atoms with E-state index in [9.17, 15) is 0 Å². The first-order valence-corrected chi connectivity index (χ1v) is 6.02. The summed E-state index contributed by atoms with van der Waals surface area (Å²) in [6.07, 6.45) is 6.57. The van der Waals surface area contributed by atoms with Crippen LogP contribution in [0.2, 0.25) is 0 Å². The maximum absolute atomic E-state index is 3.81. The SMILES string of the molecule is C/C=C\CC.C=NCCN(CC)CCC. The smallest absolute Gasteiger partial charge is 0.0509 e. The Bertz CT molecular complexity index is 141. The molecular weight excluding hydrogens is 184 g/mol. The first-order chi connectivity index (χ1) is 7.26. The summed E-state index contributed by atoms with van der Waals surface area (Å²) >= 11 is 0. The van der Waals surface area contributed by atoms with Crippen LogP contribution in [0.4, 0.5) is 0 Å². The molecule has 0 aliphatic heterocycles. The molecule has 0 N–H and O–H groups in total. The van der Waals surface area contributed by atoms with Crippen molar-refractivity contribution >= 4 is 6.72 Å². The molecule has 0 aromatic carbocycles. The lowest BCUT2D eigenvalue weighted by Gasteiger charge is -2.17. The molecule has 0 unspecified atom stereocenters. The molecule has 2 heteroatoms. The largest absolute Gasteiger partial charge is 0.302 e. The van der Waals surface area contributed by atoms with Crippen molar-refractivity contribution in [1.29, 1.82) is 0 Å². The number of likely N-dealkylation sites (N-methyl/N-ethyl adjacent to an activating group) is 1. The molecule has 0 saturated heterocycles. The monoisotopic (exact) mass is 212 g/mol. The minimum Gasteiger partial charge on any atom is -0.302 e. The molecule has 0 aliphatic carbocycles. The van der Waals surface area contributed by atoms with Crippen LogP contribution in [0.3, 0.4) is 0 Å². The number of nitrogens with zero attached hydrogens (tertiary/aromatic N) is 2. The van der Waals surface area contributed by atoms with Crippen LogP contribution >= 0.6 is 0 Å². The van der Waals surface area contributed by atoms with Gasteiger partial charge in [-0.05, 0) is 39.6 Å². The maximum atomic E-state index is 3.81. The van der Waals surface area contributed by atoms with Gasteiger partial charge in [-0.2, -0.15) is 0 Å². The molecule has 0 saturated carbocycles. The third-order valence-electron chi connectivity index (χ3n) is 2.03. The molecule has 0 heterocycles. The summed E-state index contributed by atoms with van der Waals surface area (Å²) in [4.78, 5) is 6.20. The Balaban J connectivity index is 0. The molecule has 2 nitrogen and oxygen atoms in total. The predicted octanol–water partition coefficient (Wildman–Crippen LogP) is 3.39. The van der Waals surface area contributed by atoms with Gasteiger partial charge in [0.15, 0.2) is 0 Å². The quantitative estimate of drug-likeness (QED) is 0.466. The average Bonchev–Trinajstić information content (AvgIpc) is 2.26. The zero-order chi connectivity index (χ0) is 11.9. The lowest BCUT2D eigenvalue weighted by molar-refractivity contribution is 0.297. The second-order valence-electron chi connectivity index (χ2n) is 3.36. The molecule has 0 aromatic heterocycles. The first-order valence-electron chi connectivity index (χ1n) is 6.02. The summed E-state index contributed by atoms with van der Waals surface area (Å²) in [5.41, 5.74) is 0. The molecule has 0 aliphatic rings.